The standard InChI is InChI=1S/C19H30N2O2/c1-15-7-6-9-17(13-15)23-12-5-4-11-19(22)21-18-10-3-2-8-16(18)14-20/h6-7,9,13,16,18H,2-5,8,10-12,14,20H2,1H3,(H,21,22). The zero-order valence-electron chi connectivity index (χ0n) is 14.2. The highest BCUT2D eigenvalue weighted by Gasteiger charge is 2.24. The first-order chi connectivity index (χ1) is 11.2. The molecule has 0 aliphatic heterocycles. The van der Waals surface area contributed by atoms with Gasteiger partial charge in [-0.05, 0) is 62.8 Å². The van der Waals surface area contributed by atoms with Crippen molar-refractivity contribution >= 4 is 5.91 Å². The van der Waals surface area contributed by atoms with E-state index in [1.807, 2.05) is 18.2 Å². The molecule has 1 aliphatic rings. The maximum Gasteiger partial charge on any atom is 0.220 e. The number of nitrogens with two attached hydrogens (primary N) is 1. The van der Waals surface area contributed by atoms with Crippen molar-refractivity contribution in [2.75, 3.05) is 13.2 Å². The first-order valence-electron chi connectivity index (χ1n) is 8.88. The summed E-state index contributed by atoms with van der Waals surface area (Å²) >= 11 is 0. The van der Waals surface area contributed by atoms with Crippen molar-refractivity contribution in [2.45, 2.75) is 57.9 Å². The van der Waals surface area contributed by atoms with Crippen molar-refractivity contribution < 1.29 is 9.53 Å². The van der Waals surface area contributed by atoms with E-state index in [2.05, 4.69) is 18.3 Å². The molecular formula is C19H30N2O2. The summed E-state index contributed by atoms with van der Waals surface area (Å²) in [5, 5.41) is 3.18. The minimum atomic E-state index is 0.158. The van der Waals surface area contributed by atoms with E-state index in [0.717, 1.165) is 31.4 Å². The third-order valence-corrected chi connectivity index (χ3v) is 4.61. The number of hydrogen-bond acceptors (Lipinski definition) is 3. The van der Waals surface area contributed by atoms with Crippen LogP contribution in [0.5, 0.6) is 5.75 Å². The molecule has 0 bridgehead atoms. The van der Waals surface area contributed by atoms with E-state index in [4.69, 9.17) is 10.5 Å². The molecule has 4 nitrogen and oxygen atoms in total. The van der Waals surface area contributed by atoms with Crippen molar-refractivity contribution in [2.24, 2.45) is 11.7 Å². The minimum absolute atomic E-state index is 0.158. The molecule has 1 saturated carbocycles. The van der Waals surface area contributed by atoms with Gasteiger partial charge in [-0.3, -0.25) is 4.79 Å². The lowest BCUT2D eigenvalue weighted by molar-refractivity contribution is -0.122. The Morgan fingerprint density at radius 2 is 2.13 bits per heavy atom. The van der Waals surface area contributed by atoms with Crippen LogP contribution in [0.15, 0.2) is 24.3 Å². The highest BCUT2D eigenvalue weighted by molar-refractivity contribution is 5.76. The molecule has 1 aromatic carbocycles. The molecule has 1 aromatic rings. The second-order valence-electron chi connectivity index (χ2n) is 6.58. The van der Waals surface area contributed by atoms with E-state index < -0.39 is 0 Å². The molecule has 0 aromatic heterocycles. The normalized spacial score (nSPS) is 21.0. The summed E-state index contributed by atoms with van der Waals surface area (Å²) in [6.07, 6.45) is 6.99. The van der Waals surface area contributed by atoms with Crippen molar-refractivity contribution in [3.05, 3.63) is 29.8 Å². The van der Waals surface area contributed by atoms with Crippen LogP contribution in [0.2, 0.25) is 0 Å². The lowest BCUT2D eigenvalue weighted by Crippen LogP contribution is -2.44. The number of hydrogen-bond donors (Lipinski definition) is 2. The van der Waals surface area contributed by atoms with Gasteiger partial charge >= 0.3 is 0 Å². The first kappa shape index (κ1) is 17.8. The maximum atomic E-state index is 12.1. The van der Waals surface area contributed by atoms with E-state index >= 15 is 0 Å². The number of amides is 1. The monoisotopic (exact) mass is 318 g/mol. The molecule has 23 heavy (non-hydrogen) atoms. The average molecular weight is 318 g/mol. The maximum absolute atomic E-state index is 12.1. The molecule has 1 fully saturated rings. The van der Waals surface area contributed by atoms with Crippen LogP contribution < -0.4 is 15.8 Å². The average Bonchev–Trinajstić information content (AvgIpc) is 2.55. The number of ether oxygens (including phenoxy) is 1. The van der Waals surface area contributed by atoms with Gasteiger partial charge < -0.3 is 15.8 Å². The highest BCUT2D eigenvalue weighted by Crippen LogP contribution is 2.23. The van der Waals surface area contributed by atoms with E-state index in [1.165, 1.54) is 18.4 Å². The van der Waals surface area contributed by atoms with Gasteiger partial charge in [-0.25, -0.2) is 0 Å². The molecule has 0 heterocycles. The van der Waals surface area contributed by atoms with Crippen molar-refractivity contribution in [3.8, 4) is 5.75 Å². The van der Waals surface area contributed by atoms with Gasteiger partial charge in [0.25, 0.3) is 0 Å². The third kappa shape index (κ3) is 6.22. The smallest absolute Gasteiger partial charge is 0.220 e. The van der Waals surface area contributed by atoms with Gasteiger partial charge in [0.05, 0.1) is 6.61 Å². The van der Waals surface area contributed by atoms with Crippen molar-refractivity contribution in [1.82, 2.24) is 5.32 Å². The Hall–Kier alpha value is -1.55. The Morgan fingerprint density at radius 3 is 2.91 bits per heavy atom. The number of unbranched alkanes of at least 4 members (excludes halogenated alkanes) is 1. The number of aryl methyl sites for hydroxylation is 1. The topological polar surface area (TPSA) is 64.3 Å². The van der Waals surface area contributed by atoms with Crippen LogP contribution in [0.25, 0.3) is 0 Å². The number of benzene rings is 1. The van der Waals surface area contributed by atoms with Gasteiger partial charge in [-0.1, -0.05) is 25.0 Å². The van der Waals surface area contributed by atoms with Crippen LogP contribution >= 0.6 is 0 Å². The van der Waals surface area contributed by atoms with Gasteiger partial charge in [-0.2, -0.15) is 0 Å². The van der Waals surface area contributed by atoms with Crippen LogP contribution in [0, 0.1) is 12.8 Å². The summed E-state index contributed by atoms with van der Waals surface area (Å²) in [6.45, 7) is 3.39. The Balaban J connectivity index is 1.59. The zero-order chi connectivity index (χ0) is 16.5. The molecular weight excluding hydrogens is 288 g/mol. The highest BCUT2D eigenvalue weighted by atomic mass is 16.5. The Morgan fingerprint density at radius 1 is 1.30 bits per heavy atom. The van der Waals surface area contributed by atoms with Crippen LogP contribution in [-0.2, 0) is 4.79 Å². The van der Waals surface area contributed by atoms with Crippen LogP contribution in [0.3, 0.4) is 0 Å². The van der Waals surface area contributed by atoms with Crippen LogP contribution in [0.1, 0.15) is 50.5 Å². The molecule has 1 aliphatic carbocycles. The molecule has 128 valence electrons. The summed E-state index contributed by atoms with van der Waals surface area (Å²) in [5.74, 6) is 1.52. The lowest BCUT2D eigenvalue weighted by Gasteiger charge is -2.31. The van der Waals surface area contributed by atoms with E-state index in [0.29, 0.717) is 25.5 Å². The molecule has 2 atom stereocenters. The molecule has 4 heteroatoms. The number of carbonyl (C=O) groups is 1. The molecule has 0 spiro atoms. The predicted molar refractivity (Wildman–Crippen MR) is 93.5 cm³/mol. The van der Waals surface area contributed by atoms with Gasteiger partial charge in [-0.15, -0.1) is 0 Å². The second-order valence-corrected chi connectivity index (χ2v) is 6.58. The van der Waals surface area contributed by atoms with Crippen LogP contribution in [0.4, 0.5) is 0 Å². The summed E-state index contributed by atoms with van der Waals surface area (Å²) in [4.78, 5) is 12.1. The van der Waals surface area contributed by atoms with Gasteiger partial charge in [0.2, 0.25) is 5.91 Å². The fourth-order valence-electron chi connectivity index (χ4n) is 3.24. The predicted octanol–water partition coefficient (Wildman–Crippen LogP) is 3.18. The van der Waals surface area contributed by atoms with Gasteiger partial charge in [0.15, 0.2) is 0 Å². The quantitative estimate of drug-likeness (QED) is 0.724. The number of rotatable bonds is 8. The summed E-state index contributed by atoms with van der Waals surface area (Å²) in [6, 6.07) is 8.33. The van der Waals surface area contributed by atoms with Crippen molar-refractivity contribution in [1.29, 1.82) is 0 Å². The van der Waals surface area contributed by atoms with Gasteiger partial charge in [0, 0.05) is 12.5 Å². The summed E-state index contributed by atoms with van der Waals surface area (Å²) in [7, 11) is 0. The fraction of sp³-hybridized carbons (Fsp3) is 0.632. The summed E-state index contributed by atoms with van der Waals surface area (Å²) < 4.78 is 5.70. The van der Waals surface area contributed by atoms with Crippen LogP contribution in [-0.4, -0.2) is 25.1 Å². The second kappa shape index (κ2) is 9.56. The third-order valence-electron chi connectivity index (χ3n) is 4.61. The Bertz CT molecular complexity index is 490. The lowest BCUT2D eigenvalue weighted by atomic mass is 9.84. The zero-order valence-corrected chi connectivity index (χ0v) is 14.2. The minimum Gasteiger partial charge on any atom is -0.494 e. The Kier molecular flexibility index (Phi) is 7.40. The SMILES string of the molecule is Cc1cccc(OCCCCC(=O)NC2CCCCC2CN)c1. The molecule has 2 rings (SSSR count). The molecule has 2 unspecified atom stereocenters. The van der Waals surface area contributed by atoms with Crippen molar-refractivity contribution in [3.63, 3.8) is 0 Å². The molecule has 0 saturated heterocycles. The number of carbonyl (C=O) groups excluding carboxylic acids is 1. The number of nitrogens with one attached hydrogen (secondary N) is 1. The van der Waals surface area contributed by atoms with Gasteiger partial charge in [0.1, 0.15) is 5.75 Å². The van der Waals surface area contributed by atoms with E-state index in [-0.39, 0.29) is 11.9 Å². The molecule has 0 radical (unpaired) electrons. The Labute approximate surface area is 139 Å². The molecule has 1 amide bonds. The fourth-order valence-corrected chi connectivity index (χ4v) is 3.24. The largest absolute Gasteiger partial charge is 0.494 e. The van der Waals surface area contributed by atoms with E-state index in [1.54, 1.807) is 0 Å². The van der Waals surface area contributed by atoms with E-state index in [9.17, 15) is 4.79 Å². The molecule has 3 N–H and O–H groups in total. The first-order valence-corrected chi connectivity index (χ1v) is 8.88. The summed E-state index contributed by atoms with van der Waals surface area (Å²) in [5.41, 5.74) is 7.01.